The Morgan fingerprint density at radius 3 is 2.57 bits per heavy atom. The predicted octanol–water partition coefficient (Wildman–Crippen LogP) is 2.36. The Bertz CT molecular complexity index is 656. The normalized spacial score (nSPS) is 11.7. The summed E-state index contributed by atoms with van der Waals surface area (Å²) in [5.74, 6) is 0.686. The van der Waals surface area contributed by atoms with E-state index in [4.69, 9.17) is 4.74 Å². The molecule has 21 heavy (non-hydrogen) atoms. The number of amides is 1. The van der Waals surface area contributed by atoms with Gasteiger partial charge in [-0.3, -0.25) is 9.00 Å². The Kier molecular flexibility index (Phi) is 5.05. The Labute approximate surface area is 125 Å². The van der Waals surface area contributed by atoms with Gasteiger partial charge in [-0.1, -0.05) is 6.07 Å². The van der Waals surface area contributed by atoms with Crippen molar-refractivity contribution in [3.05, 3.63) is 48.2 Å². The van der Waals surface area contributed by atoms with Crippen LogP contribution in [0.4, 0.5) is 5.69 Å². The van der Waals surface area contributed by atoms with Crippen molar-refractivity contribution in [1.29, 1.82) is 0 Å². The largest absolute Gasteiger partial charge is 0.481 e. The average Bonchev–Trinajstić information content (AvgIpc) is 2.47. The van der Waals surface area contributed by atoms with Gasteiger partial charge in [0.1, 0.15) is 0 Å². The monoisotopic (exact) mass is 304 g/mol. The van der Waals surface area contributed by atoms with Crippen LogP contribution >= 0.6 is 0 Å². The fraction of sp³-hybridized carbons (Fsp3) is 0.200. The van der Waals surface area contributed by atoms with Crippen LogP contribution in [0.15, 0.2) is 47.4 Å². The number of rotatable bonds is 5. The molecule has 1 amide bonds. The van der Waals surface area contributed by atoms with Crippen molar-refractivity contribution >= 4 is 22.4 Å². The third kappa shape index (κ3) is 4.39. The molecule has 0 aliphatic rings. The number of carbonyl (C=O) groups is 1. The topological polar surface area (TPSA) is 68.3 Å². The summed E-state index contributed by atoms with van der Waals surface area (Å²) in [6, 6.07) is 12.3. The van der Waals surface area contributed by atoms with Crippen LogP contribution in [0.1, 0.15) is 12.6 Å². The summed E-state index contributed by atoms with van der Waals surface area (Å²) in [5, 5.41) is 2.67. The quantitative estimate of drug-likeness (QED) is 0.920. The van der Waals surface area contributed by atoms with Crippen LogP contribution in [0.3, 0.4) is 0 Å². The van der Waals surface area contributed by atoms with Gasteiger partial charge in [-0.2, -0.15) is 0 Å². The first-order chi connectivity index (χ1) is 10.1. The van der Waals surface area contributed by atoms with Crippen molar-refractivity contribution in [1.82, 2.24) is 4.98 Å². The second-order valence-corrected chi connectivity index (χ2v) is 5.82. The summed E-state index contributed by atoms with van der Waals surface area (Å²) in [4.78, 5) is 15.9. The van der Waals surface area contributed by atoms with E-state index in [1.165, 1.54) is 6.92 Å². The summed E-state index contributed by atoms with van der Waals surface area (Å²) < 4.78 is 17.3. The lowest BCUT2D eigenvalue weighted by Gasteiger charge is -2.06. The second-order valence-electron chi connectivity index (χ2n) is 4.37. The van der Waals surface area contributed by atoms with Gasteiger partial charge < -0.3 is 10.1 Å². The molecule has 1 aromatic carbocycles. The van der Waals surface area contributed by atoms with Crippen molar-refractivity contribution in [2.45, 2.75) is 17.6 Å². The number of benzene rings is 1. The van der Waals surface area contributed by atoms with Gasteiger partial charge in [0.25, 0.3) is 0 Å². The van der Waals surface area contributed by atoms with Gasteiger partial charge >= 0.3 is 0 Å². The Balaban J connectivity index is 2.07. The number of ether oxygens (including phenoxy) is 1. The number of carbonyl (C=O) groups excluding carboxylic acids is 1. The van der Waals surface area contributed by atoms with Crippen molar-refractivity contribution in [2.75, 3.05) is 12.4 Å². The Hall–Kier alpha value is -2.21. The highest BCUT2D eigenvalue weighted by atomic mass is 32.2. The predicted molar refractivity (Wildman–Crippen MR) is 81.6 cm³/mol. The Morgan fingerprint density at radius 1 is 1.24 bits per heavy atom. The highest BCUT2D eigenvalue weighted by Gasteiger charge is 2.07. The van der Waals surface area contributed by atoms with E-state index >= 15 is 0 Å². The van der Waals surface area contributed by atoms with E-state index in [-0.39, 0.29) is 5.91 Å². The summed E-state index contributed by atoms with van der Waals surface area (Å²) in [7, 11) is 0.349. The highest BCUT2D eigenvalue weighted by Crippen LogP contribution is 2.16. The summed E-state index contributed by atoms with van der Waals surface area (Å²) in [5.41, 5.74) is 1.39. The Morgan fingerprint density at radius 2 is 1.95 bits per heavy atom. The molecule has 2 aromatic rings. The molecule has 1 N–H and O–H groups in total. The van der Waals surface area contributed by atoms with Gasteiger partial charge in [0, 0.05) is 23.6 Å². The van der Waals surface area contributed by atoms with Crippen molar-refractivity contribution < 1.29 is 13.7 Å². The second kappa shape index (κ2) is 6.99. The molecule has 0 fully saturated rings. The van der Waals surface area contributed by atoms with E-state index < -0.39 is 10.8 Å². The average molecular weight is 304 g/mol. The number of hydrogen-bond donors (Lipinski definition) is 1. The number of hydrogen-bond acceptors (Lipinski definition) is 4. The fourth-order valence-electron chi connectivity index (χ4n) is 1.76. The molecular formula is C15H16N2O3S. The summed E-state index contributed by atoms with van der Waals surface area (Å²) in [6.07, 6.45) is 0. The van der Waals surface area contributed by atoms with Crippen LogP contribution in [0.2, 0.25) is 0 Å². The number of nitrogens with one attached hydrogen (secondary N) is 1. The first-order valence-electron chi connectivity index (χ1n) is 6.34. The molecular weight excluding hydrogens is 288 g/mol. The van der Waals surface area contributed by atoms with Gasteiger partial charge in [-0.15, -0.1) is 0 Å². The van der Waals surface area contributed by atoms with E-state index in [1.807, 2.05) is 12.1 Å². The molecule has 1 atom stereocenters. The molecule has 0 saturated heterocycles. The fourth-order valence-corrected chi connectivity index (χ4v) is 2.80. The van der Waals surface area contributed by atoms with Crippen molar-refractivity contribution in [2.24, 2.45) is 0 Å². The smallest absolute Gasteiger partial charge is 0.221 e. The maximum Gasteiger partial charge on any atom is 0.221 e. The van der Waals surface area contributed by atoms with Crippen LogP contribution in [-0.4, -0.2) is 22.2 Å². The first-order valence-corrected chi connectivity index (χ1v) is 7.66. The molecule has 0 aliphatic carbocycles. The summed E-state index contributed by atoms with van der Waals surface area (Å²) in [6.45, 7) is 1.44. The van der Waals surface area contributed by atoms with Crippen LogP contribution in [-0.2, 0) is 21.3 Å². The van der Waals surface area contributed by atoms with Gasteiger partial charge in [0.2, 0.25) is 11.8 Å². The lowest BCUT2D eigenvalue weighted by molar-refractivity contribution is -0.114. The van der Waals surface area contributed by atoms with Gasteiger partial charge in [-0.05, 0) is 30.3 Å². The van der Waals surface area contributed by atoms with Crippen molar-refractivity contribution in [3.63, 3.8) is 0 Å². The molecule has 110 valence electrons. The van der Waals surface area contributed by atoms with Gasteiger partial charge in [-0.25, -0.2) is 4.98 Å². The molecule has 0 saturated carbocycles. The standard InChI is InChI=1S/C15H16N2O3S/c1-11(18)16-12-6-8-14(9-7-12)21(19)10-13-4-3-5-15(17-13)20-2/h3-9H,10H2,1-2H3,(H,16,18). The zero-order chi connectivity index (χ0) is 15.2. The number of aromatic nitrogens is 1. The molecule has 6 heteroatoms. The third-order valence-electron chi connectivity index (χ3n) is 2.71. The number of anilines is 1. The number of pyridine rings is 1. The van der Waals surface area contributed by atoms with Crippen LogP contribution in [0, 0.1) is 0 Å². The molecule has 1 unspecified atom stereocenters. The minimum atomic E-state index is -1.20. The molecule has 5 nitrogen and oxygen atoms in total. The van der Waals surface area contributed by atoms with Crippen molar-refractivity contribution in [3.8, 4) is 5.88 Å². The van der Waals surface area contributed by atoms with Crippen LogP contribution in [0.5, 0.6) is 5.88 Å². The lowest BCUT2D eigenvalue weighted by Crippen LogP contribution is -2.05. The maximum absolute atomic E-state index is 12.3. The molecule has 2 rings (SSSR count). The molecule has 0 radical (unpaired) electrons. The maximum atomic E-state index is 12.3. The minimum absolute atomic E-state index is 0.135. The SMILES string of the molecule is COc1cccc(CS(=O)c2ccc(NC(C)=O)cc2)n1. The summed E-state index contributed by atoms with van der Waals surface area (Å²) >= 11 is 0. The first kappa shape index (κ1) is 15.2. The highest BCUT2D eigenvalue weighted by molar-refractivity contribution is 7.84. The third-order valence-corrected chi connectivity index (χ3v) is 4.06. The van der Waals surface area contributed by atoms with E-state index in [0.717, 1.165) is 0 Å². The molecule has 0 aliphatic heterocycles. The molecule has 1 aromatic heterocycles. The molecule has 1 heterocycles. The minimum Gasteiger partial charge on any atom is -0.481 e. The van der Waals surface area contributed by atoms with E-state index in [9.17, 15) is 9.00 Å². The number of nitrogens with zero attached hydrogens (tertiary/aromatic N) is 1. The van der Waals surface area contributed by atoms with Crippen LogP contribution < -0.4 is 10.1 Å². The van der Waals surface area contributed by atoms with Gasteiger partial charge in [0.15, 0.2) is 0 Å². The molecule has 0 spiro atoms. The zero-order valence-electron chi connectivity index (χ0n) is 11.8. The van der Waals surface area contributed by atoms with E-state index in [2.05, 4.69) is 10.3 Å². The number of methoxy groups -OCH3 is 1. The van der Waals surface area contributed by atoms with Crippen LogP contribution in [0.25, 0.3) is 0 Å². The molecule has 0 bridgehead atoms. The van der Waals surface area contributed by atoms with Gasteiger partial charge in [0.05, 0.1) is 29.4 Å². The zero-order valence-corrected chi connectivity index (χ0v) is 12.6. The van der Waals surface area contributed by atoms with E-state index in [1.54, 1.807) is 37.4 Å². The van der Waals surface area contributed by atoms with E-state index in [0.29, 0.717) is 27.9 Å². The lowest BCUT2D eigenvalue weighted by atomic mass is 10.3.